The molecule has 0 aliphatic heterocycles. The fraction of sp³-hybridized carbons (Fsp3) is 0.682. The lowest BCUT2D eigenvalue weighted by Crippen LogP contribution is -2.61. The van der Waals surface area contributed by atoms with E-state index < -0.39 is 42.6 Å². The van der Waals surface area contributed by atoms with E-state index >= 15 is 0 Å². The Morgan fingerprint density at radius 2 is 1.97 bits per heavy atom. The van der Waals surface area contributed by atoms with Gasteiger partial charge in [-0.15, -0.1) is 0 Å². The van der Waals surface area contributed by atoms with E-state index in [1.165, 1.54) is 6.08 Å². The zero-order chi connectivity index (χ0) is 23.0. The van der Waals surface area contributed by atoms with Gasteiger partial charge in [-0.1, -0.05) is 32.4 Å². The predicted molar refractivity (Wildman–Crippen MR) is 110 cm³/mol. The molecule has 4 rings (SSSR count). The highest BCUT2D eigenvalue weighted by Crippen LogP contribution is 2.67. The second-order valence-electron chi connectivity index (χ2n) is 10.1. The van der Waals surface area contributed by atoms with Gasteiger partial charge in [-0.2, -0.15) is 0 Å². The average molecular weight is 452 g/mol. The Hall–Kier alpha value is -1.44. The summed E-state index contributed by atoms with van der Waals surface area (Å²) in [4.78, 5) is 56.4. The maximum absolute atomic E-state index is 13.5. The first-order chi connectivity index (χ1) is 14.2. The van der Waals surface area contributed by atoms with Crippen molar-refractivity contribution in [3.8, 4) is 0 Å². The van der Waals surface area contributed by atoms with Gasteiger partial charge in [0, 0.05) is 23.2 Å². The number of hydrogen-bond donors (Lipinski definition) is 3. The Morgan fingerprint density at radius 1 is 1.29 bits per heavy atom. The van der Waals surface area contributed by atoms with Crippen LogP contribution in [0.4, 0.5) is 0 Å². The summed E-state index contributed by atoms with van der Waals surface area (Å²) in [7, 11) is -4.87. The molecule has 0 unspecified atom stereocenters. The molecule has 3 saturated carbocycles. The van der Waals surface area contributed by atoms with Crippen molar-refractivity contribution in [2.75, 3.05) is 6.61 Å². The van der Waals surface area contributed by atoms with Gasteiger partial charge in [0.05, 0.1) is 0 Å². The standard InChI is InChI=1S/C22H29O8P/c1-12-8-16-15-5-4-13-9-14(23)6-7-20(13,2)19(15)17(24)10-21(16,3)22(12,26)18(25)11-30-31(27,28)29/h6-7,9,12,15-16,19,26H,4-5,8,10-11H2,1-3H3,(H2,27,28,29)/t12-,15-,16-,19+,20-,21-,22-/m0/s1. The number of aliphatic hydroxyl groups is 1. The van der Waals surface area contributed by atoms with E-state index in [1.54, 1.807) is 19.9 Å². The van der Waals surface area contributed by atoms with Crippen LogP contribution in [0.5, 0.6) is 0 Å². The molecule has 0 aromatic carbocycles. The van der Waals surface area contributed by atoms with Gasteiger partial charge in [-0.25, -0.2) is 4.57 Å². The molecule has 0 saturated heterocycles. The van der Waals surface area contributed by atoms with Gasteiger partial charge in [-0.3, -0.25) is 18.9 Å². The van der Waals surface area contributed by atoms with Crippen LogP contribution in [0.25, 0.3) is 0 Å². The van der Waals surface area contributed by atoms with E-state index in [9.17, 15) is 24.1 Å². The maximum Gasteiger partial charge on any atom is 0.470 e. The predicted octanol–water partition coefficient (Wildman–Crippen LogP) is 2.13. The van der Waals surface area contributed by atoms with Gasteiger partial charge in [-0.05, 0) is 49.2 Å². The number of Topliss-reactive ketones (excluding diaryl/α,β-unsaturated/α-hetero) is 2. The average Bonchev–Trinajstić information content (AvgIpc) is 2.87. The SMILES string of the molecule is C[C@H]1C[C@H]2[C@@H]3CCC4=CC(=O)C=C[C@]4(C)[C@H]3C(=O)C[C@]2(C)[C@@]1(O)C(=O)COP(=O)(O)O. The van der Waals surface area contributed by atoms with Gasteiger partial charge in [0.2, 0.25) is 0 Å². The van der Waals surface area contributed by atoms with E-state index in [2.05, 4.69) is 4.52 Å². The van der Waals surface area contributed by atoms with Crippen LogP contribution < -0.4 is 0 Å². The normalized spacial score (nSPS) is 44.4. The Morgan fingerprint density at radius 3 is 2.61 bits per heavy atom. The first-order valence-corrected chi connectivity index (χ1v) is 12.2. The van der Waals surface area contributed by atoms with E-state index in [4.69, 9.17) is 9.79 Å². The van der Waals surface area contributed by atoms with Crippen LogP contribution in [0.3, 0.4) is 0 Å². The quantitative estimate of drug-likeness (QED) is 0.552. The summed E-state index contributed by atoms with van der Waals surface area (Å²) in [5, 5.41) is 11.6. The van der Waals surface area contributed by atoms with Crippen LogP contribution in [0.1, 0.15) is 46.5 Å². The van der Waals surface area contributed by atoms with Gasteiger partial charge in [0.25, 0.3) is 0 Å². The third kappa shape index (κ3) is 3.18. The number of allylic oxidation sites excluding steroid dienone is 4. The molecule has 0 aromatic rings. The van der Waals surface area contributed by atoms with Gasteiger partial charge < -0.3 is 14.9 Å². The van der Waals surface area contributed by atoms with Crippen molar-refractivity contribution in [2.45, 2.75) is 52.1 Å². The van der Waals surface area contributed by atoms with Crippen LogP contribution >= 0.6 is 7.82 Å². The lowest BCUT2D eigenvalue weighted by atomic mass is 9.46. The second kappa shape index (κ2) is 7.03. The zero-order valence-corrected chi connectivity index (χ0v) is 18.8. The van der Waals surface area contributed by atoms with Crippen LogP contribution in [0.15, 0.2) is 23.8 Å². The molecule has 0 heterocycles. The first kappa shape index (κ1) is 22.7. The van der Waals surface area contributed by atoms with Crippen molar-refractivity contribution in [3.05, 3.63) is 23.8 Å². The van der Waals surface area contributed by atoms with E-state index in [0.717, 1.165) is 5.57 Å². The molecule has 3 fully saturated rings. The number of carbonyl (C=O) groups excluding carboxylic acids is 3. The third-order valence-corrected chi connectivity index (χ3v) is 9.09. The third-order valence-electron chi connectivity index (χ3n) is 8.63. The summed E-state index contributed by atoms with van der Waals surface area (Å²) in [5.41, 5.74) is -2.55. The number of rotatable bonds is 4. The lowest BCUT2D eigenvalue weighted by molar-refractivity contribution is -0.173. The molecule has 170 valence electrons. The number of phosphoric ester groups is 1. The van der Waals surface area contributed by atoms with E-state index in [1.807, 2.05) is 13.0 Å². The smallest absolute Gasteiger partial charge is 0.381 e. The van der Waals surface area contributed by atoms with Crippen LogP contribution in [-0.4, -0.2) is 44.5 Å². The second-order valence-corrected chi connectivity index (χ2v) is 11.4. The van der Waals surface area contributed by atoms with E-state index in [-0.39, 0.29) is 35.7 Å². The van der Waals surface area contributed by atoms with Gasteiger partial charge in [0.15, 0.2) is 11.6 Å². The minimum atomic E-state index is -4.87. The Bertz CT molecular complexity index is 963. The number of carbonyl (C=O) groups is 3. The molecule has 0 radical (unpaired) electrons. The summed E-state index contributed by atoms with van der Waals surface area (Å²) >= 11 is 0. The Labute approximate surface area is 181 Å². The topological polar surface area (TPSA) is 138 Å². The molecule has 7 atom stereocenters. The number of phosphoric acid groups is 1. The van der Waals surface area contributed by atoms with E-state index in [0.29, 0.717) is 19.3 Å². The van der Waals surface area contributed by atoms with Crippen LogP contribution in [0, 0.1) is 34.5 Å². The van der Waals surface area contributed by atoms with Crippen molar-refractivity contribution < 1.29 is 38.4 Å². The van der Waals surface area contributed by atoms with Crippen molar-refractivity contribution in [1.82, 2.24) is 0 Å². The fourth-order valence-electron chi connectivity index (χ4n) is 7.21. The van der Waals surface area contributed by atoms with Crippen molar-refractivity contribution >= 4 is 25.2 Å². The minimum Gasteiger partial charge on any atom is -0.381 e. The van der Waals surface area contributed by atoms with Crippen LogP contribution in [-0.2, 0) is 23.5 Å². The Balaban J connectivity index is 1.70. The largest absolute Gasteiger partial charge is 0.470 e. The molecule has 4 aliphatic rings. The number of ketones is 3. The van der Waals surface area contributed by atoms with Crippen LogP contribution in [0.2, 0.25) is 0 Å². The van der Waals surface area contributed by atoms with Gasteiger partial charge >= 0.3 is 7.82 Å². The summed E-state index contributed by atoms with van der Waals surface area (Å²) in [6.07, 6.45) is 6.88. The fourth-order valence-corrected chi connectivity index (χ4v) is 7.50. The molecule has 0 bridgehead atoms. The minimum absolute atomic E-state index is 0.00796. The summed E-state index contributed by atoms with van der Waals surface area (Å²) in [6, 6.07) is 0. The molecule has 0 amide bonds. The molecule has 3 N–H and O–H groups in total. The Kier molecular flexibility index (Phi) is 5.16. The lowest BCUT2D eigenvalue weighted by Gasteiger charge is -2.56. The zero-order valence-electron chi connectivity index (χ0n) is 17.9. The van der Waals surface area contributed by atoms with Crippen molar-refractivity contribution in [1.29, 1.82) is 0 Å². The highest BCUT2D eigenvalue weighted by Gasteiger charge is 2.70. The summed E-state index contributed by atoms with van der Waals surface area (Å²) < 4.78 is 15.5. The monoisotopic (exact) mass is 452 g/mol. The molecule has 0 aromatic heterocycles. The summed E-state index contributed by atoms with van der Waals surface area (Å²) in [6.45, 7) is 4.57. The molecular weight excluding hydrogens is 423 g/mol. The molecule has 8 nitrogen and oxygen atoms in total. The maximum atomic E-state index is 13.5. The molecule has 0 spiro atoms. The molecule has 4 aliphatic carbocycles. The molecular formula is C22H29O8P. The van der Waals surface area contributed by atoms with Crippen molar-refractivity contribution in [3.63, 3.8) is 0 Å². The highest BCUT2D eigenvalue weighted by atomic mass is 31.2. The highest BCUT2D eigenvalue weighted by molar-refractivity contribution is 7.46. The summed E-state index contributed by atoms with van der Waals surface area (Å²) in [5.74, 6) is -1.91. The first-order valence-electron chi connectivity index (χ1n) is 10.7. The molecule has 31 heavy (non-hydrogen) atoms. The number of hydrogen-bond acceptors (Lipinski definition) is 6. The number of fused-ring (bicyclic) bond motifs is 5. The van der Waals surface area contributed by atoms with Gasteiger partial charge in [0.1, 0.15) is 18.0 Å². The molecule has 9 heteroatoms. The van der Waals surface area contributed by atoms with Crippen molar-refractivity contribution in [2.24, 2.45) is 34.5 Å².